The maximum Gasteiger partial charge on any atom is 0.373 e. The van der Waals surface area contributed by atoms with E-state index in [0.29, 0.717) is 10.0 Å². The Kier molecular flexibility index (Phi) is 8.84. The van der Waals surface area contributed by atoms with Gasteiger partial charge in [0.25, 0.3) is 11.8 Å². The van der Waals surface area contributed by atoms with Gasteiger partial charge >= 0.3 is 12.0 Å². The summed E-state index contributed by atoms with van der Waals surface area (Å²) in [4.78, 5) is 50.3. The van der Waals surface area contributed by atoms with Crippen LogP contribution in [0.2, 0.25) is 0 Å². The third-order valence-corrected chi connectivity index (χ3v) is 6.18. The van der Waals surface area contributed by atoms with Crippen LogP contribution in [0.25, 0.3) is 6.08 Å². The van der Waals surface area contributed by atoms with Crippen molar-refractivity contribution in [3.05, 3.63) is 81.6 Å². The molecule has 208 valence electrons. The van der Waals surface area contributed by atoms with Crippen LogP contribution in [-0.2, 0) is 20.9 Å². The molecule has 4 rings (SSSR count). The predicted molar refractivity (Wildman–Crippen MR) is 143 cm³/mol. The van der Waals surface area contributed by atoms with Crippen LogP contribution in [0.5, 0.6) is 11.5 Å². The van der Waals surface area contributed by atoms with E-state index in [4.69, 9.17) is 13.9 Å². The van der Waals surface area contributed by atoms with E-state index in [1.165, 1.54) is 43.5 Å². The largest absolute Gasteiger partial charge is 0.490 e. The number of imide groups is 1. The minimum Gasteiger partial charge on any atom is -0.490 e. The van der Waals surface area contributed by atoms with Crippen LogP contribution < -0.4 is 20.1 Å². The van der Waals surface area contributed by atoms with E-state index in [1.807, 2.05) is 0 Å². The molecule has 1 saturated heterocycles. The molecule has 0 atom stereocenters. The third kappa shape index (κ3) is 6.49. The molecule has 2 N–H and O–H groups in total. The van der Waals surface area contributed by atoms with Gasteiger partial charge in [-0.05, 0) is 55.0 Å². The number of furan rings is 1. The number of amides is 4. The second kappa shape index (κ2) is 12.5. The van der Waals surface area contributed by atoms with Gasteiger partial charge in [-0.2, -0.15) is 0 Å². The number of carbonyl (C=O) groups is 4. The molecule has 0 unspecified atom stereocenters. The molecule has 13 heteroatoms. The van der Waals surface area contributed by atoms with Gasteiger partial charge in [0.2, 0.25) is 5.76 Å². The van der Waals surface area contributed by atoms with Gasteiger partial charge in [0, 0.05) is 4.47 Å². The number of benzene rings is 2. The first-order chi connectivity index (χ1) is 19.2. The molecule has 1 aliphatic rings. The SMILES string of the molecule is CCOc1cc(/C=C2\NC(=O)N(Cc3ccc(C(=O)OC)o3)C2=O)c(Br)cc1OCC(=O)Nc1ccccc1F. The van der Waals surface area contributed by atoms with Crippen LogP contribution in [0, 0.1) is 5.82 Å². The van der Waals surface area contributed by atoms with Crippen molar-refractivity contribution in [3.63, 3.8) is 0 Å². The number of rotatable bonds is 10. The third-order valence-electron chi connectivity index (χ3n) is 5.49. The summed E-state index contributed by atoms with van der Waals surface area (Å²) in [6.45, 7) is 1.41. The number of esters is 1. The molecule has 11 nitrogen and oxygen atoms in total. The Morgan fingerprint density at radius 3 is 2.60 bits per heavy atom. The highest BCUT2D eigenvalue weighted by Crippen LogP contribution is 2.35. The molecule has 2 aromatic carbocycles. The second-order valence-corrected chi connectivity index (χ2v) is 9.06. The first-order valence-electron chi connectivity index (χ1n) is 11.8. The Labute approximate surface area is 236 Å². The van der Waals surface area contributed by atoms with Crippen LogP contribution in [0.4, 0.5) is 14.9 Å². The summed E-state index contributed by atoms with van der Waals surface area (Å²) in [7, 11) is 1.21. The lowest BCUT2D eigenvalue weighted by molar-refractivity contribution is -0.123. The van der Waals surface area contributed by atoms with Crippen LogP contribution in [0.3, 0.4) is 0 Å². The van der Waals surface area contributed by atoms with E-state index in [2.05, 4.69) is 31.3 Å². The van der Waals surface area contributed by atoms with Crippen LogP contribution in [-0.4, -0.2) is 49.0 Å². The summed E-state index contributed by atoms with van der Waals surface area (Å²) in [5.41, 5.74) is 0.492. The maximum absolute atomic E-state index is 13.8. The Bertz CT molecular complexity index is 1500. The van der Waals surface area contributed by atoms with Crippen molar-refractivity contribution in [2.24, 2.45) is 0 Å². The highest BCUT2D eigenvalue weighted by atomic mass is 79.9. The lowest BCUT2D eigenvalue weighted by Crippen LogP contribution is -2.30. The lowest BCUT2D eigenvalue weighted by Gasteiger charge is -2.14. The maximum atomic E-state index is 13.8. The summed E-state index contributed by atoms with van der Waals surface area (Å²) in [5.74, 6) is -1.80. The van der Waals surface area contributed by atoms with Crippen molar-refractivity contribution >= 4 is 51.5 Å². The van der Waals surface area contributed by atoms with E-state index in [1.54, 1.807) is 25.1 Å². The summed E-state index contributed by atoms with van der Waals surface area (Å²) in [6.07, 6.45) is 1.45. The van der Waals surface area contributed by atoms with Crippen molar-refractivity contribution in [3.8, 4) is 11.5 Å². The van der Waals surface area contributed by atoms with Gasteiger partial charge in [-0.15, -0.1) is 0 Å². The average molecular weight is 616 g/mol. The first-order valence-corrected chi connectivity index (χ1v) is 12.6. The highest BCUT2D eigenvalue weighted by molar-refractivity contribution is 9.10. The molecular weight excluding hydrogens is 593 g/mol. The molecule has 0 radical (unpaired) electrons. The molecule has 0 bridgehead atoms. The fraction of sp³-hybridized carbons (Fsp3) is 0.185. The van der Waals surface area contributed by atoms with Crippen molar-refractivity contribution in [2.75, 3.05) is 25.6 Å². The van der Waals surface area contributed by atoms with E-state index in [0.717, 1.165) is 4.90 Å². The monoisotopic (exact) mass is 615 g/mol. The number of ether oxygens (including phenoxy) is 3. The van der Waals surface area contributed by atoms with Gasteiger partial charge in [-0.3, -0.25) is 14.5 Å². The smallest absolute Gasteiger partial charge is 0.373 e. The molecule has 0 saturated carbocycles. The summed E-state index contributed by atoms with van der Waals surface area (Å²) >= 11 is 3.41. The fourth-order valence-corrected chi connectivity index (χ4v) is 4.07. The van der Waals surface area contributed by atoms with E-state index < -0.39 is 36.2 Å². The number of methoxy groups -OCH3 is 1. The van der Waals surface area contributed by atoms with Crippen molar-refractivity contribution in [1.29, 1.82) is 0 Å². The summed E-state index contributed by atoms with van der Waals surface area (Å²) in [5, 5.41) is 4.95. The molecule has 1 fully saturated rings. The predicted octanol–water partition coefficient (Wildman–Crippen LogP) is 4.48. The first kappa shape index (κ1) is 28.4. The molecule has 2 heterocycles. The molecular formula is C27H23BrFN3O8. The standard InChI is InChI=1S/C27H23BrFN3O8/c1-3-38-22-11-15(17(28)12-23(22)39-14-24(33)30-19-7-5-4-6-18(19)29)10-20-25(34)32(27(36)31-20)13-16-8-9-21(40-16)26(35)37-2/h4-12H,3,13-14H2,1-2H3,(H,30,33)(H,31,36)/b20-10-. The Balaban J connectivity index is 1.48. The van der Waals surface area contributed by atoms with Gasteiger partial charge in [-0.1, -0.05) is 28.1 Å². The van der Waals surface area contributed by atoms with Crippen molar-refractivity contribution < 1.29 is 42.2 Å². The number of anilines is 1. The molecule has 1 aromatic heterocycles. The van der Waals surface area contributed by atoms with Crippen molar-refractivity contribution in [1.82, 2.24) is 10.2 Å². The van der Waals surface area contributed by atoms with Crippen LogP contribution in [0.1, 0.15) is 28.8 Å². The zero-order valence-corrected chi connectivity index (χ0v) is 22.9. The normalized spacial score (nSPS) is 13.8. The average Bonchev–Trinajstić information content (AvgIpc) is 3.51. The highest BCUT2D eigenvalue weighted by Gasteiger charge is 2.34. The van der Waals surface area contributed by atoms with Gasteiger partial charge in [-0.25, -0.2) is 14.0 Å². The number of carbonyl (C=O) groups excluding carboxylic acids is 4. The van der Waals surface area contributed by atoms with Gasteiger partial charge in [0.15, 0.2) is 18.1 Å². The Hall–Kier alpha value is -4.65. The summed E-state index contributed by atoms with van der Waals surface area (Å²) < 4.78 is 35.5. The Morgan fingerprint density at radius 1 is 1.12 bits per heavy atom. The van der Waals surface area contributed by atoms with Crippen LogP contribution >= 0.6 is 15.9 Å². The number of nitrogens with one attached hydrogen (secondary N) is 2. The number of nitrogens with zero attached hydrogens (tertiary/aromatic N) is 1. The fourth-order valence-electron chi connectivity index (χ4n) is 3.63. The molecule has 40 heavy (non-hydrogen) atoms. The zero-order chi connectivity index (χ0) is 28.8. The topological polar surface area (TPSA) is 136 Å². The number of halogens is 2. The Morgan fingerprint density at radius 2 is 1.88 bits per heavy atom. The minimum atomic E-state index is -0.683. The molecule has 3 aromatic rings. The van der Waals surface area contributed by atoms with E-state index >= 15 is 0 Å². The van der Waals surface area contributed by atoms with Gasteiger partial charge in [0.1, 0.15) is 17.3 Å². The van der Waals surface area contributed by atoms with Crippen LogP contribution in [0.15, 0.2) is 63.1 Å². The number of hydrogen-bond donors (Lipinski definition) is 2. The van der Waals surface area contributed by atoms with E-state index in [9.17, 15) is 23.6 Å². The zero-order valence-electron chi connectivity index (χ0n) is 21.3. The lowest BCUT2D eigenvalue weighted by atomic mass is 10.1. The molecule has 0 aliphatic carbocycles. The molecule has 1 aliphatic heterocycles. The quantitative estimate of drug-likeness (QED) is 0.194. The number of para-hydroxylation sites is 1. The van der Waals surface area contributed by atoms with Crippen molar-refractivity contribution in [2.45, 2.75) is 13.5 Å². The molecule has 4 amide bonds. The summed E-state index contributed by atoms with van der Waals surface area (Å²) in [6, 6.07) is 11.0. The van der Waals surface area contributed by atoms with Gasteiger partial charge < -0.3 is 29.3 Å². The minimum absolute atomic E-state index is 0.00849. The second-order valence-electron chi connectivity index (χ2n) is 8.21. The molecule has 0 spiro atoms. The van der Waals surface area contributed by atoms with Gasteiger partial charge in [0.05, 0.1) is 25.9 Å². The number of urea groups is 1. The van der Waals surface area contributed by atoms with E-state index in [-0.39, 0.29) is 47.6 Å². The number of hydrogen-bond acceptors (Lipinski definition) is 8.